The van der Waals surface area contributed by atoms with Crippen molar-refractivity contribution in [2.45, 2.75) is 24.5 Å². The molecule has 0 saturated carbocycles. The van der Waals surface area contributed by atoms with Crippen LogP contribution in [0.15, 0.2) is 54.1 Å². The topological polar surface area (TPSA) is 98.6 Å². The molecule has 0 amide bonds. The molecule has 0 saturated heterocycles. The first-order chi connectivity index (χ1) is 10.6. The van der Waals surface area contributed by atoms with Crippen LogP contribution in [-0.4, -0.2) is 30.3 Å². The molecule has 1 aromatic carbocycles. The van der Waals surface area contributed by atoms with Gasteiger partial charge < -0.3 is 21.3 Å². The number of carboxylic acids is 1. The van der Waals surface area contributed by atoms with E-state index in [0.717, 1.165) is 11.1 Å². The molecule has 0 aliphatic heterocycles. The Labute approximate surface area is 130 Å². The highest BCUT2D eigenvalue weighted by Gasteiger charge is 2.31. The molecule has 0 heterocycles. The largest absolute Gasteiger partial charge is 0.480 e. The lowest BCUT2D eigenvalue weighted by Crippen LogP contribution is -2.33. The Morgan fingerprint density at radius 2 is 2.09 bits per heavy atom. The predicted molar refractivity (Wildman–Crippen MR) is 85.2 cm³/mol. The zero-order chi connectivity index (χ0) is 16.0. The van der Waals surface area contributed by atoms with Gasteiger partial charge in [-0.25, -0.2) is 0 Å². The van der Waals surface area contributed by atoms with Crippen LogP contribution >= 0.6 is 0 Å². The van der Waals surface area contributed by atoms with Crippen LogP contribution in [0.25, 0.3) is 0 Å². The van der Waals surface area contributed by atoms with E-state index in [9.17, 15) is 4.79 Å². The van der Waals surface area contributed by atoms with Gasteiger partial charge in [-0.3, -0.25) is 4.79 Å². The zero-order valence-corrected chi connectivity index (χ0v) is 12.4. The minimum absolute atomic E-state index is 0.313. The van der Waals surface area contributed by atoms with Crippen LogP contribution in [0, 0.1) is 0 Å². The van der Waals surface area contributed by atoms with Gasteiger partial charge in [0, 0.05) is 13.0 Å². The third-order valence-corrected chi connectivity index (χ3v) is 3.75. The summed E-state index contributed by atoms with van der Waals surface area (Å²) >= 11 is 0. The van der Waals surface area contributed by atoms with E-state index in [4.69, 9.17) is 21.3 Å². The van der Waals surface area contributed by atoms with Crippen molar-refractivity contribution in [2.75, 3.05) is 13.2 Å². The average molecular weight is 302 g/mol. The van der Waals surface area contributed by atoms with Crippen LogP contribution in [0.5, 0.6) is 0 Å². The SMILES string of the molecule is NCCOC1(c2ccccc2)C=CC(C[C@H](N)C(=O)O)=CC1. The molecular weight excluding hydrogens is 280 g/mol. The number of nitrogens with two attached hydrogens (primary N) is 2. The number of hydrogen-bond acceptors (Lipinski definition) is 4. The first kappa shape index (κ1) is 16.4. The maximum Gasteiger partial charge on any atom is 0.320 e. The van der Waals surface area contributed by atoms with E-state index in [-0.39, 0.29) is 0 Å². The summed E-state index contributed by atoms with van der Waals surface area (Å²) in [6, 6.07) is 9.04. The zero-order valence-electron chi connectivity index (χ0n) is 12.4. The Morgan fingerprint density at radius 1 is 1.36 bits per heavy atom. The van der Waals surface area contributed by atoms with Gasteiger partial charge in [0.05, 0.1) is 6.61 Å². The molecule has 1 unspecified atom stereocenters. The number of rotatable bonds is 7. The second-order valence-corrected chi connectivity index (χ2v) is 5.36. The number of carbonyl (C=O) groups is 1. The maximum absolute atomic E-state index is 10.8. The molecule has 0 fully saturated rings. The van der Waals surface area contributed by atoms with E-state index in [2.05, 4.69) is 0 Å². The highest BCUT2D eigenvalue weighted by Crippen LogP contribution is 2.36. The van der Waals surface area contributed by atoms with Crippen molar-refractivity contribution in [3.8, 4) is 0 Å². The van der Waals surface area contributed by atoms with Crippen LogP contribution in [0.3, 0.4) is 0 Å². The second kappa shape index (κ2) is 7.35. The molecule has 1 aromatic rings. The minimum atomic E-state index is -0.992. The van der Waals surface area contributed by atoms with E-state index in [1.54, 1.807) is 0 Å². The Morgan fingerprint density at radius 3 is 2.64 bits per heavy atom. The van der Waals surface area contributed by atoms with Crippen molar-refractivity contribution >= 4 is 5.97 Å². The third kappa shape index (κ3) is 3.82. The number of benzene rings is 1. The van der Waals surface area contributed by atoms with Crippen LogP contribution in [-0.2, 0) is 15.1 Å². The molecule has 2 atom stereocenters. The van der Waals surface area contributed by atoms with E-state index < -0.39 is 17.6 Å². The molecule has 0 aromatic heterocycles. The van der Waals surface area contributed by atoms with Crippen molar-refractivity contribution < 1.29 is 14.6 Å². The smallest absolute Gasteiger partial charge is 0.320 e. The fraction of sp³-hybridized carbons (Fsp3) is 0.353. The average Bonchev–Trinajstić information content (AvgIpc) is 2.55. The van der Waals surface area contributed by atoms with Crippen LogP contribution in [0.4, 0.5) is 0 Å². The molecule has 22 heavy (non-hydrogen) atoms. The normalized spacial score (nSPS) is 22.2. The van der Waals surface area contributed by atoms with Crippen LogP contribution < -0.4 is 11.5 Å². The van der Waals surface area contributed by atoms with E-state index in [1.165, 1.54) is 0 Å². The molecule has 2 rings (SSSR count). The number of hydrogen-bond donors (Lipinski definition) is 3. The lowest BCUT2D eigenvalue weighted by atomic mass is 9.84. The Hall–Kier alpha value is -1.95. The molecule has 1 aliphatic carbocycles. The standard InChI is InChI=1S/C17H22N2O3/c18-10-11-22-17(14-4-2-1-3-5-14)8-6-13(7-9-17)12-15(19)16(20)21/h1-8,15H,9-12,18-19H2,(H,20,21)/t15-,17?/m0/s1. The highest BCUT2D eigenvalue weighted by atomic mass is 16.5. The summed E-state index contributed by atoms with van der Waals surface area (Å²) in [5.74, 6) is -0.992. The molecule has 0 radical (unpaired) electrons. The third-order valence-electron chi connectivity index (χ3n) is 3.75. The molecule has 5 nitrogen and oxygen atoms in total. The Balaban J connectivity index is 2.16. The lowest BCUT2D eigenvalue weighted by molar-refractivity contribution is -0.138. The molecule has 0 bridgehead atoms. The van der Waals surface area contributed by atoms with Gasteiger partial charge in [0.2, 0.25) is 0 Å². The maximum atomic E-state index is 10.8. The fourth-order valence-corrected chi connectivity index (χ4v) is 2.52. The molecule has 118 valence electrons. The van der Waals surface area contributed by atoms with Gasteiger partial charge in [-0.15, -0.1) is 0 Å². The first-order valence-corrected chi connectivity index (χ1v) is 7.33. The van der Waals surface area contributed by atoms with Crippen molar-refractivity contribution in [3.05, 3.63) is 59.7 Å². The highest BCUT2D eigenvalue weighted by molar-refractivity contribution is 5.73. The number of ether oxygens (including phenoxy) is 1. The molecule has 5 heteroatoms. The number of aliphatic carboxylic acids is 1. The van der Waals surface area contributed by atoms with Crippen molar-refractivity contribution in [1.29, 1.82) is 0 Å². The summed E-state index contributed by atoms with van der Waals surface area (Å²) in [6.07, 6.45) is 6.81. The lowest BCUT2D eigenvalue weighted by Gasteiger charge is -2.33. The fourth-order valence-electron chi connectivity index (χ4n) is 2.52. The first-order valence-electron chi connectivity index (χ1n) is 7.33. The molecule has 1 aliphatic rings. The summed E-state index contributed by atoms with van der Waals surface area (Å²) in [4.78, 5) is 10.8. The Bertz CT molecular complexity index is 569. The van der Waals surface area contributed by atoms with E-state index in [1.807, 2.05) is 48.6 Å². The molecule has 0 spiro atoms. The van der Waals surface area contributed by atoms with E-state index in [0.29, 0.717) is 26.0 Å². The van der Waals surface area contributed by atoms with Crippen LogP contribution in [0.2, 0.25) is 0 Å². The van der Waals surface area contributed by atoms with Crippen molar-refractivity contribution in [2.24, 2.45) is 11.5 Å². The van der Waals surface area contributed by atoms with Crippen molar-refractivity contribution in [3.63, 3.8) is 0 Å². The molecule has 5 N–H and O–H groups in total. The quantitative estimate of drug-likeness (QED) is 0.709. The minimum Gasteiger partial charge on any atom is -0.480 e. The Kier molecular flexibility index (Phi) is 5.49. The van der Waals surface area contributed by atoms with Gasteiger partial charge in [-0.2, -0.15) is 0 Å². The van der Waals surface area contributed by atoms with Crippen molar-refractivity contribution in [1.82, 2.24) is 0 Å². The van der Waals surface area contributed by atoms with Gasteiger partial charge in [-0.05, 0) is 23.6 Å². The summed E-state index contributed by atoms with van der Waals surface area (Å²) in [7, 11) is 0. The van der Waals surface area contributed by atoms with Gasteiger partial charge in [0.25, 0.3) is 0 Å². The summed E-state index contributed by atoms with van der Waals surface area (Å²) in [5, 5.41) is 8.89. The van der Waals surface area contributed by atoms with Gasteiger partial charge >= 0.3 is 5.97 Å². The van der Waals surface area contributed by atoms with E-state index >= 15 is 0 Å². The van der Waals surface area contributed by atoms with Crippen LogP contribution in [0.1, 0.15) is 18.4 Å². The second-order valence-electron chi connectivity index (χ2n) is 5.36. The van der Waals surface area contributed by atoms with Gasteiger partial charge in [0.1, 0.15) is 11.6 Å². The number of allylic oxidation sites excluding steroid dienone is 1. The summed E-state index contributed by atoms with van der Waals surface area (Å²) in [5.41, 5.74) is 12.6. The predicted octanol–water partition coefficient (Wildman–Crippen LogP) is 1.55. The monoisotopic (exact) mass is 302 g/mol. The number of carboxylic acid groups (broad SMARTS) is 1. The molecular formula is C17H22N2O3. The summed E-state index contributed by atoms with van der Waals surface area (Å²) < 4.78 is 6.00. The summed E-state index contributed by atoms with van der Waals surface area (Å²) in [6.45, 7) is 0.903. The van der Waals surface area contributed by atoms with Gasteiger partial charge in [0.15, 0.2) is 0 Å². The van der Waals surface area contributed by atoms with Gasteiger partial charge in [-0.1, -0.05) is 42.5 Å².